The van der Waals surface area contributed by atoms with Gasteiger partial charge in [-0.1, -0.05) is 25.1 Å². The van der Waals surface area contributed by atoms with Crippen LogP contribution < -0.4 is 10.5 Å². The number of rotatable bonds is 6. The van der Waals surface area contributed by atoms with Crippen molar-refractivity contribution in [1.29, 1.82) is 0 Å². The lowest BCUT2D eigenvalue weighted by molar-refractivity contribution is 0.222. The van der Waals surface area contributed by atoms with Crippen LogP contribution in [-0.2, 0) is 0 Å². The molecule has 2 rings (SSSR count). The van der Waals surface area contributed by atoms with E-state index in [0.717, 1.165) is 31.7 Å². The van der Waals surface area contributed by atoms with Crippen LogP contribution in [0.5, 0.6) is 5.75 Å². The van der Waals surface area contributed by atoms with Gasteiger partial charge in [-0.3, -0.25) is 4.90 Å². The predicted molar refractivity (Wildman–Crippen MR) is 79.4 cm³/mol. The van der Waals surface area contributed by atoms with Gasteiger partial charge in [0.1, 0.15) is 5.75 Å². The summed E-state index contributed by atoms with van der Waals surface area (Å²) in [5.41, 5.74) is 7.66. The quantitative estimate of drug-likeness (QED) is 0.856. The second kappa shape index (κ2) is 6.92. The largest absolute Gasteiger partial charge is 0.496 e. The molecule has 1 aliphatic rings. The smallest absolute Gasteiger partial charge is 0.122 e. The van der Waals surface area contributed by atoms with E-state index in [-0.39, 0.29) is 6.17 Å². The van der Waals surface area contributed by atoms with E-state index in [0.29, 0.717) is 5.92 Å². The van der Waals surface area contributed by atoms with Gasteiger partial charge < -0.3 is 10.5 Å². The van der Waals surface area contributed by atoms with E-state index in [9.17, 15) is 0 Å². The van der Waals surface area contributed by atoms with Crippen LogP contribution in [0.1, 0.15) is 44.1 Å². The summed E-state index contributed by atoms with van der Waals surface area (Å²) >= 11 is 0. The average Bonchev–Trinajstić information content (AvgIpc) is 2.98. The Hall–Kier alpha value is -1.06. The van der Waals surface area contributed by atoms with Crippen LogP contribution in [0.4, 0.5) is 0 Å². The van der Waals surface area contributed by atoms with Gasteiger partial charge >= 0.3 is 0 Å². The Labute approximate surface area is 116 Å². The second-order valence-electron chi connectivity index (χ2n) is 5.39. The van der Waals surface area contributed by atoms with Crippen molar-refractivity contribution in [3.63, 3.8) is 0 Å². The zero-order valence-electron chi connectivity index (χ0n) is 12.1. The molecule has 0 saturated carbocycles. The Morgan fingerprint density at radius 3 is 2.58 bits per heavy atom. The number of ether oxygens (including phenoxy) is 1. The van der Waals surface area contributed by atoms with E-state index in [1.165, 1.54) is 18.4 Å². The number of hydrogen-bond donors (Lipinski definition) is 1. The van der Waals surface area contributed by atoms with E-state index in [1.54, 1.807) is 7.11 Å². The third-order valence-electron chi connectivity index (χ3n) is 4.21. The lowest BCUT2D eigenvalue weighted by Crippen LogP contribution is -2.41. The number of nitrogens with two attached hydrogens (primary N) is 1. The highest BCUT2D eigenvalue weighted by Crippen LogP contribution is 2.32. The molecule has 0 spiro atoms. The van der Waals surface area contributed by atoms with Crippen molar-refractivity contribution in [3.05, 3.63) is 29.8 Å². The molecule has 1 aromatic carbocycles. The summed E-state index contributed by atoms with van der Waals surface area (Å²) < 4.78 is 5.48. The molecule has 2 N–H and O–H groups in total. The van der Waals surface area contributed by atoms with Crippen molar-refractivity contribution in [3.8, 4) is 5.75 Å². The molecule has 1 unspecified atom stereocenters. The number of para-hydroxylation sites is 1. The Morgan fingerprint density at radius 1 is 1.26 bits per heavy atom. The second-order valence-corrected chi connectivity index (χ2v) is 5.39. The van der Waals surface area contributed by atoms with Gasteiger partial charge in [-0.2, -0.15) is 0 Å². The molecule has 2 atom stereocenters. The fourth-order valence-corrected chi connectivity index (χ4v) is 3.03. The first-order chi connectivity index (χ1) is 9.26. The zero-order valence-corrected chi connectivity index (χ0v) is 12.1. The van der Waals surface area contributed by atoms with Crippen LogP contribution in [0, 0.1) is 0 Å². The fourth-order valence-electron chi connectivity index (χ4n) is 3.03. The molecule has 3 nitrogen and oxygen atoms in total. The van der Waals surface area contributed by atoms with Gasteiger partial charge in [0, 0.05) is 0 Å². The summed E-state index contributed by atoms with van der Waals surface area (Å²) in [6, 6.07) is 8.32. The molecule has 0 amide bonds. The monoisotopic (exact) mass is 262 g/mol. The third kappa shape index (κ3) is 3.48. The Bertz CT molecular complexity index is 388. The Kier molecular flexibility index (Phi) is 5.23. The number of benzene rings is 1. The highest BCUT2D eigenvalue weighted by Gasteiger charge is 2.23. The van der Waals surface area contributed by atoms with Crippen LogP contribution in [0.25, 0.3) is 0 Å². The topological polar surface area (TPSA) is 38.5 Å². The lowest BCUT2D eigenvalue weighted by Gasteiger charge is -2.28. The van der Waals surface area contributed by atoms with E-state index < -0.39 is 0 Å². The molecule has 106 valence electrons. The zero-order chi connectivity index (χ0) is 13.7. The van der Waals surface area contributed by atoms with Crippen molar-refractivity contribution in [2.24, 2.45) is 5.73 Å². The number of methoxy groups -OCH3 is 1. The lowest BCUT2D eigenvalue weighted by atomic mass is 9.91. The Balaban J connectivity index is 2.06. The molecule has 19 heavy (non-hydrogen) atoms. The summed E-state index contributed by atoms with van der Waals surface area (Å²) in [6.07, 6.45) is 4.87. The minimum atomic E-state index is 0.178. The van der Waals surface area contributed by atoms with Crippen molar-refractivity contribution in [2.45, 2.75) is 44.7 Å². The molecule has 1 aliphatic heterocycles. The van der Waals surface area contributed by atoms with E-state index in [2.05, 4.69) is 24.0 Å². The average molecular weight is 262 g/mol. The summed E-state index contributed by atoms with van der Waals surface area (Å²) in [5, 5.41) is 0. The van der Waals surface area contributed by atoms with Crippen molar-refractivity contribution in [1.82, 2.24) is 4.90 Å². The van der Waals surface area contributed by atoms with Gasteiger partial charge in [0.25, 0.3) is 0 Å². The van der Waals surface area contributed by atoms with Crippen molar-refractivity contribution in [2.75, 3.05) is 20.2 Å². The summed E-state index contributed by atoms with van der Waals surface area (Å²) in [4.78, 5) is 2.41. The van der Waals surface area contributed by atoms with E-state index >= 15 is 0 Å². The van der Waals surface area contributed by atoms with E-state index in [4.69, 9.17) is 10.5 Å². The minimum Gasteiger partial charge on any atom is -0.496 e. The summed E-state index contributed by atoms with van der Waals surface area (Å²) in [5.74, 6) is 1.47. The molecule has 0 aliphatic carbocycles. The summed E-state index contributed by atoms with van der Waals surface area (Å²) in [7, 11) is 1.74. The number of hydrogen-bond acceptors (Lipinski definition) is 3. The summed E-state index contributed by atoms with van der Waals surface area (Å²) in [6.45, 7) is 4.54. The van der Waals surface area contributed by atoms with Gasteiger partial charge in [0.05, 0.1) is 13.3 Å². The molecule has 1 aromatic rings. The molecule has 1 heterocycles. The van der Waals surface area contributed by atoms with Crippen molar-refractivity contribution >= 4 is 0 Å². The van der Waals surface area contributed by atoms with Gasteiger partial charge in [0.15, 0.2) is 0 Å². The maximum atomic E-state index is 6.37. The van der Waals surface area contributed by atoms with Crippen LogP contribution in [0.15, 0.2) is 24.3 Å². The predicted octanol–water partition coefficient (Wildman–Crippen LogP) is 2.96. The third-order valence-corrected chi connectivity index (χ3v) is 4.21. The SMILES string of the molecule is CCC(C[C@H](N)N1CCCC1)c1ccccc1OC. The van der Waals surface area contributed by atoms with Gasteiger partial charge in [0.2, 0.25) is 0 Å². The maximum absolute atomic E-state index is 6.37. The normalized spacial score (nSPS) is 19.3. The van der Waals surface area contributed by atoms with Crippen LogP contribution in [-0.4, -0.2) is 31.3 Å². The standard InChI is InChI=1S/C16H26N2O/c1-3-13(12-16(17)18-10-6-7-11-18)14-8-4-5-9-15(14)19-2/h4-5,8-9,13,16H,3,6-7,10-12,17H2,1-2H3/t13?,16-/m1/s1. The first-order valence-electron chi connectivity index (χ1n) is 7.38. The number of nitrogens with zero attached hydrogens (tertiary/aromatic N) is 1. The van der Waals surface area contributed by atoms with Gasteiger partial charge in [-0.05, 0) is 56.3 Å². The van der Waals surface area contributed by atoms with Crippen LogP contribution >= 0.6 is 0 Å². The molecule has 0 bridgehead atoms. The Morgan fingerprint density at radius 2 is 1.95 bits per heavy atom. The first-order valence-corrected chi connectivity index (χ1v) is 7.38. The molecular weight excluding hydrogens is 236 g/mol. The molecule has 0 aromatic heterocycles. The van der Waals surface area contributed by atoms with Crippen LogP contribution in [0.3, 0.4) is 0 Å². The van der Waals surface area contributed by atoms with Gasteiger partial charge in [-0.15, -0.1) is 0 Å². The number of likely N-dealkylation sites (tertiary alicyclic amines) is 1. The van der Waals surface area contributed by atoms with Crippen LogP contribution in [0.2, 0.25) is 0 Å². The fraction of sp³-hybridized carbons (Fsp3) is 0.625. The molecule has 3 heteroatoms. The highest BCUT2D eigenvalue weighted by molar-refractivity contribution is 5.36. The highest BCUT2D eigenvalue weighted by atomic mass is 16.5. The molecule has 0 radical (unpaired) electrons. The van der Waals surface area contributed by atoms with Crippen molar-refractivity contribution < 1.29 is 4.74 Å². The minimum absolute atomic E-state index is 0.178. The molecule has 1 saturated heterocycles. The maximum Gasteiger partial charge on any atom is 0.122 e. The van der Waals surface area contributed by atoms with E-state index in [1.807, 2.05) is 12.1 Å². The molecule has 1 fully saturated rings. The molecular formula is C16H26N2O. The van der Waals surface area contributed by atoms with Gasteiger partial charge in [-0.25, -0.2) is 0 Å². The first kappa shape index (κ1) is 14.4.